The number of thiophene rings is 1. The number of carbonyl (C=O) groups excluding carboxylic acids is 2. The fourth-order valence-electron chi connectivity index (χ4n) is 3.02. The number of benzene rings is 1. The van der Waals surface area contributed by atoms with E-state index in [1.54, 1.807) is 35.7 Å². The first-order valence-corrected chi connectivity index (χ1v) is 8.00. The van der Waals surface area contributed by atoms with Crippen molar-refractivity contribution in [2.75, 3.05) is 11.4 Å². The Morgan fingerprint density at radius 3 is 2.74 bits per heavy atom. The minimum Gasteiger partial charge on any atom is -0.374 e. The summed E-state index contributed by atoms with van der Waals surface area (Å²) >= 11 is 1.37. The highest BCUT2D eigenvalue weighted by Gasteiger charge is 2.52. The maximum Gasteiger partial charge on any atom is 0.248 e. The van der Waals surface area contributed by atoms with Crippen LogP contribution in [-0.2, 0) is 0 Å². The van der Waals surface area contributed by atoms with Crippen molar-refractivity contribution >= 4 is 39.6 Å². The Morgan fingerprint density at radius 2 is 2.04 bits per heavy atom. The Labute approximate surface area is 135 Å². The number of ketones is 1. The fourth-order valence-corrected chi connectivity index (χ4v) is 3.78. The van der Waals surface area contributed by atoms with Gasteiger partial charge in [0.25, 0.3) is 0 Å². The first-order chi connectivity index (χ1) is 11.0. The molecule has 2 aromatic rings. The molecule has 6 nitrogen and oxygen atoms in total. The van der Waals surface area contributed by atoms with Crippen molar-refractivity contribution < 1.29 is 14.7 Å². The van der Waals surface area contributed by atoms with Crippen molar-refractivity contribution in [1.29, 1.82) is 0 Å². The average Bonchev–Trinajstić information content (AvgIpc) is 3.13. The molecule has 1 unspecified atom stereocenters. The number of carbonyl (C=O) groups is 2. The third kappa shape index (κ3) is 1.94. The molecule has 1 atom stereocenters. The summed E-state index contributed by atoms with van der Waals surface area (Å²) in [5.41, 5.74) is 5.32. The Bertz CT molecular complexity index is 856. The Balaban J connectivity index is 1.78. The summed E-state index contributed by atoms with van der Waals surface area (Å²) in [5, 5.41) is 13.2. The summed E-state index contributed by atoms with van der Waals surface area (Å²) in [6.45, 7) is 0.478. The summed E-state index contributed by atoms with van der Waals surface area (Å²) in [5.74, 6) is -0.442. The number of aliphatic imine (C=N–C) groups is 1. The molecule has 3 N–H and O–H groups in total. The minimum atomic E-state index is -1.57. The lowest BCUT2D eigenvalue weighted by Gasteiger charge is -2.28. The predicted molar refractivity (Wildman–Crippen MR) is 87.6 cm³/mol. The predicted octanol–water partition coefficient (Wildman–Crippen LogP) is 1.71. The van der Waals surface area contributed by atoms with Crippen LogP contribution in [0.2, 0.25) is 0 Å². The van der Waals surface area contributed by atoms with Gasteiger partial charge in [-0.15, -0.1) is 11.3 Å². The minimum absolute atomic E-state index is 0.289. The molecule has 7 heteroatoms. The van der Waals surface area contributed by atoms with Crippen LogP contribution in [-0.4, -0.2) is 34.8 Å². The summed E-state index contributed by atoms with van der Waals surface area (Å²) in [4.78, 5) is 30.1. The second-order valence-electron chi connectivity index (χ2n) is 5.58. The number of primary amides is 1. The van der Waals surface area contributed by atoms with Crippen LogP contribution < -0.4 is 10.6 Å². The number of anilines is 1. The topological polar surface area (TPSA) is 96.0 Å². The van der Waals surface area contributed by atoms with Gasteiger partial charge in [-0.05, 0) is 35.7 Å². The van der Waals surface area contributed by atoms with Crippen LogP contribution in [0.5, 0.6) is 0 Å². The Hall–Kier alpha value is -2.51. The van der Waals surface area contributed by atoms with Gasteiger partial charge < -0.3 is 15.7 Å². The molecule has 116 valence electrons. The molecule has 0 saturated carbocycles. The summed E-state index contributed by atoms with van der Waals surface area (Å²) in [6.07, 6.45) is 0.289. The lowest BCUT2D eigenvalue weighted by Crippen LogP contribution is -2.48. The quantitative estimate of drug-likeness (QED) is 0.878. The second kappa shape index (κ2) is 4.74. The van der Waals surface area contributed by atoms with E-state index in [9.17, 15) is 14.7 Å². The van der Waals surface area contributed by atoms with Crippen molar-refractivity contribution in [3.63, 3.8) is 0 Å². The Morgan fingerprint density at radius 1 is 1.30 bits per heavy atom. The number of hydrogen-bond donors (Lipinski definition) is 2. The van der Waals surface area contributed by atoms with E-state index in [-0.39, 0.29) is 12.2 Å². The third-order valence-electron chi connectivity index (χ3n) is 4.26. The molecule has 1 fully saturated rings. The molecular weight excluding hydrogens is 314 g/mol. The molecule has 0 spiro atoms. The van der Waals surface area contributed by atoms with Crippen molar-refractivity contribution in [2.24, 2.45) is 10.7 Å². The van der Waals surface area contributed by atoms with E-state index in [0.717, 1.165) is 5.69 Å². The van der Waals surface area contributed by atoms with E-state index in [4.69, 9.17) is 5.73 Å². The van der Waals surface area contributed by atoms with Crippen LogP contribution in [0.1, 0.15) is 27.1 Å². The number of hydrogen-bond acceptors (Lipinski definition) is 6. The lowest BCUT2D eigenvalue weighted by molar-refractivity contribution is 0.0603. The highest BCUT2D eigenvalue weighted by molar-refractivity contribution is 7.14. The normalized spacial score (nSPS) is 22.6. The molecule has 0 bridgehead atoms. The summed E-state index contributed by atoms with van der Waals surface area (Å²) in [6, 6.07) is 8.42. The van der Waals surface area contributed by atoms with Gasteiger partial charge in [0.05, 0.1) is 5.56 Å². The van der Waals surface area contributed by atoms with Crippen LogP contribution in [0.3, 0.4) is 0 Å². The number of fused-ring (bicyclic) bond motifs is 2. The number of amidine groups is 1. The van der Waals surface area contributed by atoms with Crippen LogP contribution >= 0.6 is 11.3 Å². The summed E-state index contributed by atoms with van der Waals surface area (Å²) < 4.78 is 0. The van der Waals surface area contributed by atoms with E-state index in [2.05, 4.69) is 4.99 Å². The number of Topliss-reactive ketones (excluding diaryl/α,β-unsaturated/α-hetero) is 1. The number of amides is 1. The van der Waals surface area contributed by atoms with Crippen molar-refractivity contribution in [3.05, 3.63) is 46.8 Å². The first kappa shape index (κ1) is 14.1. The number of aliphatic hydroxyl groups is 1. The second-order valence-corrected chi connectivity index (χ2v) is 6.47. The number of nitrogens with zero attached hydrogens (tertiary/aromatic N) is 2. The molecule has 1 amide bonds. The van der Waals surface area contributed by atoms with Crippen molar-refractivity contribution in [2.45, 2.75) is 12.0 Å². The van der Waals surface area contributed by atoms with E-state index in [0.29, 0.717) is 28.5 Å². The molecule has 4 rings (SSSR count). The molecule has 1 aromatic heterocycles. The standard InChI is InChI=1S/C16H13N3O3S/c17-13(21)9-1-3-10(4-2-9)19-7-6-16(22)12(20)11-5-8-23-14(11)18-15(16)19/h1-5,8,22H,6-7H2,(H2,17,21). The first-order valence-electron chi connectivity index (χ1n) is 7.12. The van der Waals surface area contributed by atoms with Gasteiger partial charge in [0, 0.05) is 24.2 Å². The van der Waals surface area contributed by atoms with Gasteiger partial charge in [0.2, 0.25) is 11.7 Å². The van der Waals surface area contributed by atoms with Crippen molar-refractivity contribution in [3.8, 4) is 0 Å². The van der Waals surface area contributed by atoms with Crippen LogP contribution in [0, 0.1) is 0 Å². The average molecular weight is 327 g/mol. The molecule has 1 saturated heterocycles. The SMILES string of the molecule is NC(=O)c1ccc(N2CCC3(O)C(=O)c4ccsc4N=C23)cc1. The largest absolute Gasteiger partial charge is 0.374 e. The van der Waals surface area contributed by atoms with E-state index < -0.39 is 11.5 Å². The zero-order chi connectivity index (χ0) is 16.2. The highest BCUT2D eigenvalue weighted by atomic mass is 32.1. The zero-order valence-electron chi connectivity index (χ0n) is 12.0. The zero-order valence-corrected chi connectivity index (χ0v) is 12.8. The van der Waals surface area contributed by atoms with Gasteiger partial charge >= 0.3 is 0 Å². The highest BCUT2D eigenvalue weighted by Crippen LogP contribution is 2.41. The number of nitrogens with two attached hydrogens (primary N) is 1. The molecule has 23 heavy (non-hydrogen) atoms. The van der Waals surface area contributed by atoms with E-state index in [1.807, 2.05) is 4.90 Å². The Kier molecular flexibility index (Phi) is 2.91. The van der Waals surface area contributed by atoms with Crippen LogP contribution in [0.15, 0.2) is 40.7 Å². The third-order valence-corrected chi connectivity index (χ3v) is 5.07. The van der Waals surface area contributed by atoms with E-state index >= 15 is 0 Å². The summed E-state index contributed by atoms with van der Waals surface area (Å²) in [7, 11) is 0. The lowest BCUT2D eigenvalue weighted by atomic mass is 9.90. The van der Waals surface area contributed by atoms with Gasteiger partial charge in [-0.25, -0.2) is 4.99 Å². The van der Waals surface area contributed by atoms with Crippen LogP contribution in [0.4, 0.5) is 10.7 Å². The molecule has 1 aromatic carbocycles. The molecular formula is C16H13N3O3S. The molecule has 2 aliphatic heterocycles. The maximum atomic E-state index is 12.6. The van der Waals surface area contributed by atoms with E-state index in [1.165, 1.54) is 11.3 Å². The van der Waals surface area contributed by atoms with Gasteiger partial charge in [-0.3, -0.25) is 9.59 Å². The van der Waals surface area contributed by atoms with Gasteiger partial charge in [0.15, 0.2) is 11.4 Å². The molecule has 0 aliphatic carbocycles. The molecule has 2 aliphatic rings. The van der Waals surface area contributed by atoms with Gasteiger partial charge in [-0.2, -0.15) is 0 Å². The van der Waals surface area contributed by atoms with Crippen molar-refractivity contribution in [1.82, 2.24) is 0 Å². The smallest absolute Gasteiger partial charge is 0.248 e. The maximum absolute atomic E-state index is 12.6. The van der Waals surface area contributed by atoms with Crippen LogP contribution in [0.25, 0.3) is 0 Å². The molecule has 0 radical (unpaired) electrons. The number of rotatable bonds is 2. The monoisotopic (exact) mass is 327 g/mol. The fraction of sp³-hybridized carbons (Fsp3) is 0.188. The van der Waals surface area contributed by atoms with Gasteiger partial charge in [0.1, 0.15) is 5.00 Å². The van der Waals surface area contributed by atoms with Gasteiger partial charge in [-0.1, -0.05) is 0 Å². The molecule has 3 heterocycles.